The van der Waals surface area contributed by atoms with Crippen molar-refractivity contribution in [3.8, 4) is 5.75 Å². The van der Waals surface area contributed by atoms with E-state index in [2.05, 4.69) is 37.3 Å². The second kappa shape index (κ2) is 9.43. The van der Waals surface area contributed by atoms with Gasteiger partial charge in [0.15, 0.2) is 5.96 Å². The van der Waals surface area contributed by atoms with Crippen LogP contribution in [-0.4, -0.2) is 29.7 Å². The number of para-hydroxylation sites is 1. The number of aliphatic imine (C=N–C) groups is 1. The molecule has 0 spiro atoms. The van der Waals surface area contributed by atoms with Crippen LogP contribution in [0.15, 0.2) is 72.0 Å². The van der Waals surface area contributed by atoms with Gasteiger partial charge in [-0.05, 0) is 11.6 Å². The Labute approximate surface area is 159 Å². The highest BCUT2D eigenvalue weighted by Crippen LogP contribution is 2.16. The van der Waals surface area contributed by atoms with E-state index in [4.69, 9.17) is 4.74 Å². The SMILES string of the molecule is CN=C(NCc1ccccc1OC)NCc1nccn1Cc1ccccc1. The van der Waals surface area contributed by atoms with Crippen molar-refractivity contribution in [3.05, 3.63) is 83.9 Å². The highest BCUT2D eigenvalue weighted by Gasteiger charge is 2.06. The molecule has 2 aromatic carbocycles. The van der Waals surface area contributed by atoms with E-state index >= 15 is 0 Å². The second-order valence-electron chi connectivity index (χ2n) is 6.05. The Hall–Kier alpha value is -3.28. The minimum atomic E-state index is 0.589. The Balaban J connectivity index is 1.57. The molecule has 2 N–H and O–H groups in total. The van der Waals surface area contributed by atoms with Gasteiger partial charge < -0.3 is 19.9 Å². The molecule has 0 aliphatic heterocycles. The van der Waals surface area contributed by atoms with Crippen LogP contribution in [0, 0.1) is 0 Å². The number of ether oxygens (including phenoxy) is 1. The van der Waals surface area contributed by atoms with Crippen molar-refractivity contribution in [1.29, 1.82) is 0 Å². The standard InChI is InChI=1S/C21H25N5O/c1-22-21(24-14-18-10-6-7-11-19(18)27-2)25-15-20-23-12-13-26(20)16-17-8-4-3-5-9-17/h3-13H,14-16H2,1-2H3,(H2,22,24,25). The van der Waals surface area contributed by atoms with Crippen LogP contribution in [0.4, 0.5) is 0 Å². The van der Waals surface area contributed by atoms with Gasteiger partial charge in [0.1, 0.15) is 11.6 Å². The fourth-order valence-electron chi connectivity index (χ4n) is 2.84. The molecule has 0 radical (unpaired) electrons. The molecule has 27 heavy (non-hydrogen) atoms. The third kappa shape index (κ3) is 5.10. The van der Waals surface area contributed by atoms with Gasteiger partial charge in [0.25, 0.3) is 0 Å². The average Bonchev–Trinajstić information content (AvgIpc) is 3.16. The first-order chi connectivity index (χ1) is 13.3. The van der Waals surface area contributed by atoms with Crippen molar-refractivity contribution in [2.24, 2.45) is 4.99 Å². The van der Waals surface area contributed by atoms with Crippen LogP contribution >= 0.6 is 0 Å². The number of aromatic nitrogens is 2. The Kier molecular flexibility index (Phi) is 6.46. The summed E-state index contributed by atoms with van der Waals surface area (Å²) in [6.07, 6.45) is 3.82. The van der Waals surface area contributed by atoms with Crippen molar-refractivity contribution in [2.45, 2.75) is 19.6 Å². The van der Waals surface area contributed by atoms with E-state index < -0.39 is 0 Å². The molecule has 0 bridgehead atoms. The lowest BCUT2D eigenvalue weighted by atomic mass is 10.2. The molecule has 6 heteroatoms. The van der Waals surface area contributed by atoms with Crippen LogP contribution in [0.2, 0.25) is 0 Å². The lowest BCUT2D eigenvalue weighted by Crippen LogP contribution is -2.37. The lowest BCUT2D eigenvalue weighted by molar-refractivity contribution is 0.409. The van der Waals surface area contributed by atoms with Gasteiger partial charge in [-0.25, -0.2) is 4.98 Å². The molecule has 0 atom stereocenters. The molecule has 3 aromatic rings. The first-order valence-electron chi connectivity index (χ1n) is 8.90. The summed E-state index contributed by atoms with van der Waals surface area (Å²) in [5.74, 6) is 2.54. The number of methoxy groups -OCH3 is 1. The fraction of sp³-hybridized carbons (Fsp3) is 0.238. The van der Waals surface area contributed by atoms with Gasteiger partial charge in [-0.1, -0.05) is 48.5 Å². The van der Waals surface area contributed by atoms with E-state index in [0.717, 1.165) is 29.6 Å². The van der Waals surface area contributed by atoms with E-state index in [0.29, 0.717) is 13.1 Å². The summed E-state index contributed by atoms with van der Waals surface area (Å²) in [4.78, 5) is 8.75. The largest absolute Gasteiger partial charge is 0.496 e. The van der Waals surface area contributed by atoms with E-state index in [1.807, 2.05) is 54.9 Å². The van der Waals surface area contributed by atoms with Crippen molar-refractivity contribution in [2.75, 3.05) is 14.2 Å². The van der Waals surface area contributed by atoms with Gasteiger partial charge in [-0.2, -0.15) is 0 Å². The maximum atomic E-state index is 5.39. The number of benzene rings is 2. The first-order valence-corrected chi connectivity index (χ1v) is 8.90. The van der Waals surface area contributed by atoms with E-state index in [9.17, 15) is 0 Å². The van der Waals surface area contributed by atoms with Crippen molar-refractivity contribution in [1.82, 2.24) is 20.2 Å². The van der Waals surface area contributed by atoms with E-state index in [1.54, 1.807) is 14.2 Å². The zero-order valence-corrected chi connectivity index (χ0v) is 15.7. The van der Waals surface area contributed by atoms with E-state index in [-0.39, 0.29) is 0 Å². The van der Waals surface area contributed by atoms with Gasteiger partial charge in [0, 0.05) is 38.1 Å². The molecule has 0 saturated heterocycles. The van der Waals surface area contributed by atoms with Crippen LogP contribution in [0.1, 0.15) is 17.0 Å². The van der Waals surface area contributed by atoms with Crippen LogP contribution in [0.25, 0.3) is 0 Å². The molecule has 1 heterocycles. The molecular formula is C21H25N5O. The molecule has 0 aliphatic rings. The highest BCUT2D eigenvalue weighted by atomic mass is 16.5. The van der Waals surface area contributed by atoms with Crippen LogP contribution in [-0.2, 0) is 19.6 Å². The summed E-state index contributed by atoms with van der Waals surface area (Å²) in [6.45, 7) is 2.01. The van der Waals surface area contributed by atoms with Gasteiger partial charge in [-0.15, -0.1) is 0 Å². The third-order valence-electron chi connectivity index (χ3n) is 4.27. The van der Waals surface area contributed by atoms with Crippen molar-refractivity contribution >= 4 is 5.96 Å². The molecule has 0 unspecified atom stereocenters. The lowest BCUT2D eigenvalue weighted by Gasteiger charge is -2.14. The fourth-order valence-corrected chi connectivity index (χ4v) is 2.84. The molecule has 1 aromatic heterocycles. The van der Waals surface area contributed by atoms with Gasteiger partial charge in [0.05, 0.1) is 13.7 Å². The van der Waals surface area contributed by atoms with E-state index in [1.165, 1.54) is 5.56 Å². The number of hydrogen-bond acceptors (Lipinski definition) is 3. The van der Waals surface area contributed by atoms with Crippen LogP contribution in [0.5, 0.6) is 5.75 Å². The Bertz CT molecular complexity index is 873. The summed E-state index contributed by atoms with van der Waals surface area (Å²) in [6, 6.07) is 18.3. The minimum Gasteiger partial charge on any atom is -0.496 e. The molecular weight excluding hydrogens is 338 g/mol. The summed E-state index contributed by atoms with van der Waals surface area (Å²) < 4.78 is 7.52. The van der Waals surface area contributed by atoms with Gasteiger partial charge in [-0.3, -0.25) is 4.99 Å². The quantitative estimate of drug-likeness (QED) is 0.500. The number of rotatable bonds is 7. The topological polar surface area (TPSA) is 63.5 Å². The van der Waals surface area contributed by atoms with Gasteiger partial charge in [0.2, 0.25) is 0 Å². The Morgan fingerprint density at radius 1 is 1.04 bits per heavy atom. The summed E-state index contributed by atoms with van der Waals surface area (Å²) in [7, 11) is 3.44. The molecule has 140 valence electrons. The smallest absolute Gasteiger partial charge is 0.191 e. The number of hydrogen-bond donors (Lipinski definition) is 2. The maximum Gasteiger partial charge on any atom is 0.191 e. The van der Waals surface area contributed by atoms with Crippen molar-refractivity contribution < 1.29 is 4.74 Å². The number of guanidine groups is 1. The predicted octanol–water partition coefficient (Wildman–Crippen LogP) is 2.81. The zero-order chi connectivity index (χ0) is 18.9. The molecule has 6 nitrogen and oxygen atoms in total. The van der Waals surface area contributed by atoms with Crippen molar-refractivity contribution in [3.63, 3.8) is 0 Å². The minimum absolute atomic E-state index is 0.589. The number of nitrogens with zero attached hydrogens (tertiary/aromatic N) is 3. The maximum absolute atomic E-state index is 5.39. The number of nitrogens with one attached hydrogen (secondary N) is 2. The monoisotopic (exact) mass is 363 g/mol. The van der Waals surface area contributed by atoms with Gasteiger partial charge >= 0.3 is 0 Å². The predicted molar refractivity (Wildman–Crippen MR) is 108 cm³/mol. The Morgan fingerprint density at radius 2 is 1.78 bits per heavy atom. The number of imidazole rings is 1. The molecule has 0 amide bonds. The highest BCUT2D eigenvalue weighted by molar-refractivity contribution is 5.79. The first kappa shape index (κ1) is 18.5. The third-order valence-corrected chi connectivity index (χ3v) is 4.27. The summed E-state index contributed by atoms with van der Waals surface area (Å²) >= 11 is 0. The molecule has 3 rings (SSSR count). The summed E-state index contributed by atoms with van der Waals surface area (Å²) in [5.41, 5.74) is 2.32. The Morgan fingerprint density at radius 3 is 2.56 bits per heavy atom. The average molecular weight is 363 g/mol. The molecule has 0 aliphatic carbocycles. The van der Waals surface area contributed by atoms with Crippen LogP contribution < -0.4 is 15.4 Å². The van der Waals surface area contributed by atoms with Crippen LogP contribution in [0.3, 0.4) is 0 Å². The second-order valence-corrected chi connectivity index (χ2v) is 6.05. The molecule has 0 fully saturated rings. The summed E-state index contributed by atoms with van der Waals surface area (Å²) in [5, 5.41) is 6.63. The normalized spacial score (nSPS) is 11.3. The zero-order valence-electron chi connectivity index (χ0n) is 15.7. The molecule has 0 saturated carbocycles.